The summed E-state index contributed by atoms with van der Waals surface area (Å²) in [5.74, 6) is 0. The molecule has 0 aliphatic carbocycles. The molecule has 16 heteroatoms. The molecule has 0 heterocycles. The molecule has 12 atom stereocenters. The highest BCUT2D eigenvalue weighted by Gasteiger charge is 2.30. The van der Waals surface area contributed by atoms with Crippen molar-refractivity contribution in [2.45, 2.75) is 87.1 Å². The first kappa shape index (κ1) is 37.0. The van der Waals surface area contributed by atoms with Gasteiger partial charge in [-0.1, -0.05) is 0 Å². The molecule has 0 aliphatic heterocycles. The zero-order valence-electron chi connectivity index (χ0n) is 18.4. The Labute approximate surface area is 194 Å². The molecule has 34 heavy (non-hydrogen) atoms. The predicted octanol–water partition coefficient (Wildman–Crippen LogP) is -8.08. The van der Waals surface area contributed by atoms with E-state index in [9.17, 15) is 14.4 Å². The monoisotopic (exact) mass is 508 g/mol. The van der Waals surface area contributed by atoms with E-state index in [0.717, 1.165) is 0 Å². The molecule has 204 valence electrons. The fourth-order valence-electron chi connectivity index (χ4n) is 1.75. The maximum atomic E-state index is 9.90. The van der Waals surface area contributed by atoms with Crippen molar-refractivity contribution in [2.24, 2.45) is 0 Å². The molecule has 0 saturated carbocycles. The van der Waals surface area contributed by atoms with Crippen LogP contribution in [-0.4, -0.2) is 165 Å². The standard InChI is InChI=1S/C6H12O6.2C6H12O5/c7-1-3(9)5(11)6(12)4(10)2-8;2*1-3(8)5(10)6(11)4(9)2-7/h1,3-6,8-12H,2H2;2*2-6,8-11H,1H3. The number of aliphatic hydroxyl groups excluding tert-OH is 13. The average molecular weight is 508 g/mol. The van der Waals surface area contributed by atoms with Crippen molar-refractivity contribution in [1.82, 2.24) is 0 Å². The number of carbonyl (C=O) groups excluding carboxylic acids is 3. The highest BCUT2D eigenvalue weighted by Crippen LogP contribution is 2.04. The lowest BCUT2D eigenvalue weighted by Gasteiger charge is -2.22. The van der Waals surface area contributed by atoms with E-state index in [1.165, 1.54) is 13.8 Å². The van der Waals surface area contributed by atoms with Crippen LogP contribution in [0, 0.1) is 0 Å². The van der Waals surface area contributed by atoms with Crippen molar-refractivity contribution < 1.29 is 80.8 Å². The van der Waals surface area contributed by atoms with Crippen molar-refractivity contribution in [3.63, 3.8) is 0 Å². The Morgan fingerprint density at radius 1 is 0.471 bits per heavy atom. The topological polar surface area (TPSA) is 314 Å². The molecule has 16 nitrogen and oxygen atoms in total. The van der Waals surface area contributed by atoms with Gasteiger partial charge in [-0.25, -0.2) is 0 Å². The number of aliphatic hydroxyl groups is 13. The van der Waals surface area contributed by atoms with Gasteiger partial charge in [0.2, 0.25) is 0 Å². The summed E-state index contributed by atoms with van der Waals surface area (Å²) in [5.41, 5.74) is 0. The summed E-state index contributed by atoms with van der Waals surface area (Å²) in [5, 5.41) is 114. The zero-order valence-corrected chi connectivity index (χ0v) is 18.4. The molecule has 0 spiro atoms. The van der Waals surface area contributed by atoms with Crippen molar-refractivity contribution in [1.29, 1.82) is 0 Å². The lowest BCUT2D eigenvalue weighted by Crippen LogP contribution is -2.46. The van der Waals surface area contributed by atoms with E-state index in [2.05, 4.69) is 0 Å². The molecule has 0 rings (SSSR count). The summed E-state index contributed by atoms with van der Waals surface area (Å²) in [6.45, 7) is 1.72. The van der Waals surface area contributed by atoms with Gasteiger partial charge in [-0.05, 0) is 13.8 Å². The Morgan fingerprint density at radius 3 is 0.882 bits per heavy atom. The Hall–Kier alpha value is -1.51. The SMILES string of the molecule is CC(O)C(O)C(O)C(O)C=O.CC(O)C(O)C(O)C(O)C=O.O=CC(O)C(O)C(O)C(O)CO. The quantitative estimate of drug-likeness (QED) is 0.103. The molecule has 0 fully saturated rings. The third-order valence-electron chi connectivity index (χ3n) is 4.09. The van der Waals surface area contributed by atoms with Gasteiger partial charge in [-0.3, -0.25) is 0 Å². The Bertz CT molecular complexity index is 502. The van der Waals surface area contributed by atoms with Gasteiger partial charge < -0.3 is 80.8 Å². The Balaban J connectivity index is -0.000000425. The minimum absolute atomic E-state index is 0.0258. The lowest BCUT2D eigenvalue weighted by atomic mass is 10.0. The van der Waals surface area contributed by atoms with E-state index in [1.807, 2.05) is 0 Å². The van der Waals surface area contributed by atoms with Crippen LogP contribution in [-0.2, 0) is 14.4 Å². The van der Waals surface area contributed by atoms with Crippen molar-refractivity contribution in [3.05, 3.63) is 0 Å². The smallest absolute Gasteiger partial charge is 0.151 e. The molecular formula is C18H36O16. The second-order valence-corrected chi connectivity index (χ2v) is 7.05. The maximum absolute atomic E-state index is 9.90. The largest absolute Gasteiger partial charge is 0.394 e. The van der Waals surface area contributed by atoms with Gasteiger partial charge in [-0.15, -0.1) is 0 Å². The normalized spacial score (nSPS) is 21.6. The summed E-state index contributed by atoms with van der Waals surface area (Å²) < 4.78 is 0. The van der Waals surface area contributed by atoms with Gasteiger partial charge in [-0.2, -0.15) is 0 Å². The van der Waals surface area contributed by atoms with E-state index >= 15 is 0 Å². The van der Waals surface area contributed by atoms with Gasteiger partial charge in [0.05, 0.1) is 18.8 Å². The third-order valence-corrected chi connectivity index (χ3v) is 4.09. The fourth-order valence-corrected chi connectivity index (χ4v) is 1.75. The maximum Gasteiger partial charge on any atom is 0.151 e. The fraction of sp³-hybridized carbons (Fsp3) is 0.833. The third kappa shape index (κ3) is 14.7. The van der Waals surface area contributed by atoms with Crippen LogP contribution in [0.25, 0.3) is 0 Å². The lowest BCUT2D eigenvalue weighted by molar-refractivity contribution is -0.136. The van der Waals surface area contributed by atoms with Crippen LogP contribution < -0.4 is 0 Å². The van der Waals surface area contributed by atoms with Gasteiger partial charge in [0, 0.05) is 0 Å². The summed E-state index contributed by atoms with van der Waals surface area (Å²) >= 11 is 0. The van der Waals surface area contributed by atoms with Crippen LogP contribution in [0.4, 0.5) is 0 Å². The van der Waals surface area contributed by atoms with Gasteiger partial charge in [0.1, 0.15) is 61.0 Å². The Kier molecular flexibility index (Phi) is 21.5. The van der Waals surface area contributed by atoms with Crippen LogP contribution in [0.1, 0.15) is 13.8 Å². The highest BCUT2D eigenvalue weighted by atomic mass is 16.4. The van der Waals surface area contributed by atoms with Crippen LogP contribution >= 0.6 is 0 Å². The molecule has 13 N–H and O–H groups in total. The molecule has 12 unspecified atom stereocenters. The van der Waals surface area contributed by atoms with Crippen LogP contribution in [0.15, 0.2) is 0 Å². The minimum atomic E-state index is -1.79. The molecule has 0 aromatic carbocycles. The summed E-state index contributed by atoms with van der Waals surface area (Å²) in [4.78, 5) is 29.6. The first-order valence-electron chi connectivity index (χ1n) is 9.68. The number of carbonyl (C=O) groups is 3. The van der Waals surface area contributed by atoms with Crippen LogP contribution in [0.3, 0.4) is 0 Å². The summed E-state index contributed by atoms with van der Waals surface area (Å²) in [6.07, 6.45) is -18.6. The molecule has 0 aromatic rings. The molecule has 0 aromatic heterocycles. The number of aldehydes is 3. The van der Waals surface area contributed by atoms with Crippen LogP contribution in [0.2, 0.25) is 0 Å². The highest BCUT2D eigenvalue weighted by molar-refractivity contribution is 5.57. The van der Waals surface area contributed by atoms with E-state index in [0.29, 0.717) is 0 Å². The molecule has 0 aliphatic rings. The van der Waals surface area contributed by atoms with Crippen molar-refractivity contribution >= 4 is 18.9 Å². The predicted molar refractivity (Wildman–Crippen MR) is 109 cm³/mol. The zero-order chi connectivity index (χ0) is 27.8. The van der Waals surface area contributed by atoms with Crippen LogP contribution in [0.5, 0.6) is 0 Å². The van der Waals surface area contributed by atoms with Gasteiger partial charge in [0.25, 0.3) is 0 Å². The van der Waals surface area contributed by atoms with E-state index in [-0.39, 0.29) is 18.9 Å². The van der Waals surface area contributed by atoms with Crippen molar-refractivity contribution in [3.8, 4) is 0 Å². The molecule has 0 bridgehead atoms. The van der Waals surface area contributed by atoms with Gasteiger partial charge >= 0.3 is 0 Å². The number of hydrogen-bond donors (Lipinski definition) is 13. The van der Waals surface area contributed by atoms with E-state index in [1.54, 1.807) is 0 Å². The first-order chi connectivity index (χ1) is 15.5. The Morgan fingerprint density at radius 2 is 0.706 bits per heavy atom. The number of hydrogen-bond acceptors (Lipinski definition) is 16. The van der Waals surface area contributed by atoms with E-state index < -0.39 is 79.9 Å². The second kappa shape index (κ2) is 19.8. The minimum Gasteiger partial charge on any atom is -0.394 e. The average Bonchev–Trinajstić information content (AvgIpc) is 2.84. The van der Waals surface area contributed by atoms with E-state index in [4.69, 9.17) is 66.4 Å². The second-order valence-electron chi connectivity index (χ2n) is 7.05. The molecule has 0 amide bonds. The van der Waals surface area contributed by atoms with Gasteiger partial charge in [0.15, 0.2) is 18.9 Å². The molecule has 0 radical (unpaired) electrons. The first-order valence-corrected chi connectivity index (χ1v) is 9.68. The van der Waals surface area contributed by atoms with Crippen molar-refractivity contribution in [2.75, 3.05) is 6.61 Å². The molecular weight excluding hydrogens is 472 g/mol. The number of rotatable bonds is 13. The summed E-state index contributed by atoms with van der Waals surface area (Å²) in [7, 11) is 0. The molecule has 0 saturated heterocycles. The summed E-state index contributed by atoms with van der Waals surface area (Å²) in [6, 6.07) is 0.